The van der Waals surface area contributed by atoms with Crippen LogP contribution in [0.5, 0.6) is 0 Å². The molecule has 5 nitrogen and oxygen atoms in total. The predicted molar refractivity (Wildman–Crippen MR) is 95.8 cm³/mol. The molecule has 0 saturated heterocycles. The van der Waals surface area contributed by atoms with E-state index in [1.807, 2.05) is 0 Å². The van der Waals surface area contributed by atoms with E-state index in [4.69, 9.17) is 11.6 Å². The van der Waals surface area contributed by atoms with E-state index in [2.05, 4.69) is 20.6 Å². The van der Waals surface area contributed by atoms with Crippen LogP contribution in [0.15, 0.2) is 48.5 Å². The van der Waals surface area contributed by atoms with Crippen LogP contribution < -0.4 is 10.6 Å². The predicted octanol–water partition coefficient (Wildman–Crippen LogP) is 4.71. The summed E-state index contributed by atoms with van der Waals surface area (Å²) >= 11 is 5.74. The van der Waals surface area contributed by atoms with Crippen molar-refractivity contribution in [2.75, 3.05) is 10.6 Å². The SMILES string of the molecule is Cc1cc(C(=O)Nc2ccccc2F)nc(Nc2ccc(F)c(Cl)c2)n1. The molecule has 3 rings (SSSR count). The first kappa shape index (κ1) is 17.8. The van der Waals surface area contributed by atoms with Gasteiger partial charge in [-0.25, -0.2) is 18.7 Å². The van der Waals surface area contributed by atoms with Crippen LogP contribution in [-0.2, 0) is 0 Å². The van der Waals surface area contributed by atoms with Gasteiger partial charge in [0.1, 0.15) is 17.3 Å². The lowest BCUT2D eigenvalue weighted by molar-refractivity contribution is 0.102. The van der Waals surface area contributed by atoms with Crippen molar-refractivity contribution in [1.29, 1.82) is 0 Å². The Balaban J connectivity index is 1.84. The summed E-state index contributed by atoms with van der Waals surface area (Å²) in [5, 5.41) is 5.26. The van der Waals surface area contributed by atoms with Gasteiger partial charge in [0, 0.05) is 11.4 Å². The summed E-state index contributed by atoms with van der Waals surface area (Å²) in [6, 6.07) is 11.3. The van der Waals surface area contributed by atoms with E-state index in [1.54, 1.807) is 13.0 Å². The number of hydrogen-bond donors (Lipinski definition) is 2. The van der Waals surface area contributed by atoms with Crippen molar-refractivity contribution in [1.82, 2.24) is 9.97 Å². The lowest BCUT2D eigenvalue weighted by Crippen LogP contribution is -2.16. The first-order valence-corrected chi connectivity index (χ1v) is 7.94. The summed E-state index contributed by atoms with van der Waals surface area (Å²) in [5.41, 5.74) is 1.09. The van der Waals surface area contributed by atoms with E-state index < -0.39 is 17.5 Å². The van der Waals surface area contributed by atoms with Gasteiger partial charge in [-0.05, 0) is 43.3 Å². The number of benzene rings is 2. The number of aromatic nitrogens is 2. The van der Waals surface area contributed by atoms with Crippen molar-refractivity contribution in [2.24, 2.45) is 0 Å². The number of nitrogens with one attached hydrogen (secondary N) is 2. The van der Waals surface area contributed by atoms with E-state index in [1.165, 1.54) is 42.5 Å². The van der Waals surface area contributed by atoms with Crippen molar-refractivity contribution in [3.63, 3.8) is 0 Å². The van der Waals surface area contributed by atoms with E-state index in [9.17, 15) is 13.6 Å². The smallest absolute Gasteiger partial charge is 0.274 e. The lowest BCUT2D eigenvalue weighted by Gasteiger charge is -2.09. The average molecular weight is 375 g/mol. The number of rotatable bonds is 4. The number of amides is 1. The standard InChI is InChI=1S/C18H13ClF2N4O/c1-10-8-16(17(26)24-15-5-3-2-4-14(15)21)25-18(22-10)23-11-6-7-13(20)12(19)9-11/h2-9H,1H3,(H,24,26)(H,22,23,25). The fourth-order valence-electron chi connectivity index (χ4n) is 2.19. The van der Waals surface area contributed by atoms with Gasteiger partial charge < -0.3 is 10.6 Å². The zero-order chi connectivity index (χ0) is 18.7. The maximum Gasteiger partial charge on any atom is 0.274 e. The van der Waals surface area contributed by atoms with Gasteiger partial charge in [0.15, 0.2) is 0 Å². The second kappa shape index (κ2) is 7.45. The van der Waals surface area contributed by atoms with Crippen LogP contribution in [0.3, 0.4) is 0 Å². The van der Waals surface area contributed by atoms with Gasteiger partial charge in [-0.3, -0.25) is 4.79 Å². The zero-order valence-electron chi connectivity index (χ0n) is 13.6. The second-order valence-corrected chi connectivity index (χ2v) is 5.81. The Labute approximate surface area is 153 Å². The second-order valence-electron chi connectivity index (χ2n) is 5.41. The first-order valence-electron chi connectivity index (χ1n) is 7.56. The van der Waals surface area contributed by atoms with Gasteiger partial charge >= 0.3 is 0 Å². The Bertz CT molecular complexity index is 981. The van der Waals surface area contributed by atoms with Crippen LogP contribution >= 0.6 is 11.6 Å². The summed E-state index contributed by atoms with van der Waals surface area (Å²) in [7, 11) is 0. The molecule has 0 aliphatic heterocycles. The quantitative estimate of drug-likeness (QED) is 0.694. The summed E-state index contributed by atoms with van der Waals surface area (Å²) in [4.78, 5) is 20.6. The third-order valence-electron chi connectivity index (χ3n) is 3.38. The maximum atomic E-state index is 13.7. The van der Waals surface area contributed by atoms with Crippen molar-refractivity contribution in [2.45, 2.75) is 6.92 Å². The van der Waals surface area contributed by atoms with Crippen LogP contribution in [0, 0.1) is 18.6 Å². The average Bonchev–Trinajstić information content (AvgIpc) is 2.59. The molecule has 0 fully saturated rings. The minimum absolute atomic E-state index is 0.0496. The molecule has 0 aliphatic rings. The number of aryl methyl sites for hydroxylation is 1. The number of halogens is 3. The molecule has 132 valence electrons. The van der Waals surface area contributed by atoms with E-state index in [-0.39, 0.29) is 22.4 Å². The first-order chi connectivity index (χ1) is 12.4. The van der Waals surface area contributed by atoms with Gasteiger partial charge in [-0.1, -0.05) is 23.7 Å². The number of carbonyl (C=O) groups is 1. The molecule has 8 heteroatoms. The highest BCUT2D eigenvalue weighted by Crippen LogP contribution is 2.22. The van der Waals surface area contributed by atoms with Crippen LogP contribution in [0.25, 0.3) is 0 Å². The minimum atomic E-state index is -0.583. The largest absolute Gasteiger partial charge is 0.324 e. The van der Waals surface area contributed by atoms with E-state index in [0.717, 1.165) is 0 Å². The highest BCUT2D eigenvalue weighted by molar-refractivity contribution is 6.31. The molecule has 0 saturated carbocycles. The molecule has 2 aromatic carbocycles. The van der Waals surface area contributed by atoms with Crippen LogP contribution in [0.1, 0.15) is 16.2 Å². The van der Waals surface area contributed by atoms with Gasteiger partial charge in [-0.15, -0.1) is 0 Å². The van der Waals surface area contributed by atoms with E-state index in [0.29, 0.717) is 11.4 Å². The third-order valence-corrected chi connectivity index (χ3v) is 3.67. The number of nitrogens with zero attached hydrogens (tertiary/aromatic N) is 2. The highest BCUT2D eigenvalue weighted by atomic mass is 35.5. The Hall–Kier alpha value is -3.06. The van der Waals surface area contributed by atoms with Crippen molar-refractivity contribution < 1.29 is 13.6 Å². The Morgan fingerprint density at radius 1 is 1.04 bits per heavy atom. The normalized spacial score (nSPS) is 10.5. The Morgan fingerprint density at radius 2 is 1.81 bits per heavy atom. The summed E-state index contributed by atoms with van der Waals surface area (Å²) in [6.07, 6.45) is 0. The molecule has 0 spiro atoms. The van der Waals surface area contributed by atoms with Gasteiger partial charge in [-0.2, -0.15) is 0 Å². The fraction of sp³-hybridized carbons (Fsp3) is 0.0556. The number of carbonyl (C=O) groups excluding carboxylic acids is 1. The summed E-state index contributed by atoms with van der Waals surface area (Å²) in [6.45, 7) is 1.68. The van der Waals surface area contributed by atoms with Crippen molar-refractivity contribution in [3.05, 3.63) is 76.6 Å². The fourth-order valence-corrected chi connectivity index (χ4v) is 2.37. The van der Waals surface area contributed by atoms with Crippen molar-refractivity contribution >= 4 is 34.8 Å². The summed E-state index contributed by atoms with van der Waals surface area (Å²) in [5.74, 6) is -1.55. The highest BCUT2D eigenvalue weighted by Gasteiger charge is 2.13. The number of para-hydroxylation sites is 1. The van der Waals surface area contributed by atoms with Crippen molar-refractivity contribution in [3.8, 4) is 0 Å². The molecule has 3 aromatic rings. The molecule has 26 heavy (non-hydrogen) atoms. The molecule has 0 unspecified atom stereocenters. The monoisotopic (exact) mass is 374 g/mol. The molecule has 1 aromatic heterocycles. The van der Waals surface area contributed by atoms with Crippen LogP contribution in [-0.4, -0.2) is 15.9 Å². The molecule has 2 N–H and O–H groups in total. The zero-order valence-corrected chi connectivity index (χ0v) is 14.3. The maximum absolute atomic E-state index is 13.7. The Kier molecular flexibility index (Phi) is 5.09. The molecular weight excluding hydrogens is 362 g/mol. The minimum Gasteiger partial charge on any atom is -0.324 e. The molecule has 0 bridgehead atoms. The van der Waals surface area contributed by atoms with Gasteiger partial charge in [0.05, 0.1) is 10.7 Å². The molecule has 0 radical (unpaired) electrons. The van der Waals surface area contributed by atoms with Crippen LogP contribution in [0.4, 0.5) is 26.1 Å². The third kappa shape index (κ3) is 4.12. The van der Waals surface area contributed by atoms with Gasteiger partial charge in [0.25, 0.3) is 5.91 Å². The lowest BCUT2D eigenvalue weighted by atomic mass is 10.2. The number of hydrogen-bond acceptors (Lipinski definition) is 4. The van der Waals surface area contributed by atoms with E-state index >= 15 is 0 Å². The molecular formula is C18H13ClF2N4O. The molecule has 0 atom stereocenters. The molecule has 1 amide bonds. The Morgan fingerprint density at radius 3 is 2.54 bits per heavy atom. The van der Waals surface area contributed by atoms with Crippen LogP contribution in [0.2, 0.25) is 5.02 Å². The number of anilines is 3. The summed E-state index contributed by atoms with van der Waals surface area (Å²) < 4.78 is 26.9. The van der Waals surface area contributed by atoms with Gasteiger partial charge in [0.2, 0.25) is 5.95 Å². The molecule has 0 aliphatic carbocycles. The topological polar surface area (TPSA) is 66.9 Å². The molecule has 1 heterocycles.